The van der Waals surface area contributed by atoms with Crippen molar-refractivity contribution in [2.75, 3.05) is 18.5 Å². The fourth-order valence-corrected chi connectivity index (χ4v) is 1.74. The smallest absolute Gasteiger partial charge is 0.226 e. The highest BCUT2D eigenvalue weighted by Crippen LogP contribution is 2.12. The highest BCUT2D eigenvalue weighted by Gasteiger charge is 2.02. The van der Waals surface area contributed by atoms with Gasteiger partial charge in [-0.15, -0.1) is 0 Å². The molecular weight excluding hydrogens is 317 g/mol. The van der Waals surface area contributed by atoms with Crippen molar-refractivity contribution in [2.24, 2.45) is 0 Å². The molecule has 0 spiro atoms. The van der Waals surface area contributed by atoms with Gasteiger partial charge in [-0.2, -0.15) is 0 Å². The minimum absolute atomic E-state index is 0.00176. The van der Waals surface area contributed by atoms with Gasteiger partial charge in [0.25, 0.3) is 0 Å². The van der Waals surface area contributed by atoms with Gasteiger partial charge in [-0.05, 0) is 47.2 Å². The molecule has 1 N–H and O–H groups in total. The Bertz CT molecular complexity index is 342. The van der Waals surface area contributed by atoms with E-state index in [9.17, 15) is 4.79 Å². The summed E-state index contributed by atoms with van der Waals surface area (Å²) in [5, 5.41) is 2.84. The van der Waals surface area contributed by atoms with Crippen molar-refractivity contribution in [1.29, 1.82) is 0 Å². The number of hydrogen-bond acceptors (Lipinski definition) is 2. The summed E-state index contributed by atoms with van der Waals surface area (Å²) in [5.41, 5.74) is 0.840. The van der Waals surface area contributed by atoms with Gasteiger partial charge in [0.1, 0.15) is 0 Å². The molecule has 3 nitrogen and oxygen atoms in total. The Hall–Kier alpha value is -0.620. The molecule has 0 radical (unpaired) electrons. The van der Waals surface area contributed by atoms with Crippen molar-refractivity contribution >= 4 is 34.2 Å². The average Bonchev–Trinajstić information content (AvgIpc) is 2.24. The molecular formula is C12H16INO2. The molecule has 16 heavy (non-hydrogen) atoms. The van der Waals surface area contributed by atoms with Crippen LogP contribution in [0.25, 0.3) is 0 Å². The molecule has 88 valence electrons. The molecule has 0 aromatic heterocycles. The SMILES string of the molecule is CCCOCCC(=O)Nc1cccc(I)c1. The number of carbonyl (C=O) groups excluding carboxylic acids is 1. The van der Waals surface area contributed by atoms with Gasteiger partial charge in [-0.3, -0.25) is 4.79 Å². The second kappa shape index (κ2) is 7.62. The third kappa shape index (κ3) is 5.46. The van der Waals surface area contributed by atoms with Crippen molar-refractivity contribution < 1.29 is 9.53 Å². The molecule has 0 saturated carbocycles. The van der Waals surface area contributed by atoms with Crippen LogP contribution in [0.4, 0.5) is 5.69 Å². The first-order chi connectivity index (χ1) is 7.72. The molecule has 1 amide bonds. The third-order valence-corrected chi connectivity index (χ3v) is 2.60. The molecule has 0 aliphatic carbocycles. The topological polar surface area (TPSA) is 38.3 Å². The highest BCUT2D eigenvalue weighted by atomic mass is 127. The number of carbonyl (C=O) groups is 1. The van der Waals surface area contributed by atoms with Crippen LogP contribution in [0.3, 0.4) is 0 Å². The Morgan fingerprint density at radius 2 is 2.25 bits per heavy atom. The van der Waals surface area contributed by atoms with Crippen LogP contribution in [0.15, 0.2) is 24.3 Å². The first kappa shape index (κ1) is 13.4. The van der Waals surface area contributed by atoms with Crippen LogP contribution in [0.5, 0.6) is 0 Å². The maximum absolute atomic E-state index is 11.5. The van der Waals surface area contributed by atoms with Gasteiger partial charge in [-0.25, -0.2) is 0 Å². The van der Waals surface area contributed by atoms with Gasteiger partial charge < -0.3 is 10.1 Å². The molecule has 0 fully saturated rings. The van der Waals surface area contributed by atoms with Crippen molar-refractivity contribution in [3.63, 3.8) is 0 Å². The Balaban J connectivity index is 2.29. The Labute approximate surface area is 110 Å². The van der Waals surface area contributed by atoms with Gasteiger partial charge in [0, 0.05) is 15.9 Å². The van der Waals surface area contributed by atoms with Crippen LogP contribution in [-0.4, -0.2) is 19.1 Å². The largest absolute Gasteiger partial charge is 0.381 e. The summed E-state index contributed by atoms with van der Waals surface area (Å²) in [6, 6.07) is 7.73. The van der Waals surface area contributed by atoms with Crippen molar-refractivity contribution in [3.8, 4) is 0 Å². The molecule has 0 unspecified atom stereocenters. The van der Waals surface area contributed by atoms with Crippen LogP contribution < -0.4 is 5.32 Å². The number of halogens is 1. The Kier molecular flexibility index (Phi) is 6.40. The summed E-state index contributed by atoms with van der Waals surface area (Å²) in [5.74, 6) is -0.00176. The zero-order chi connectivity index (χ0) is 11.8. The number of rotatable bonds is 6. The first-order valence-corrected chi connectivity index (χ1v) is 6.43. The number of anilines is 1. The normalized spacial score (nSPS) is 10.1. The summed E-state index contributed by atoms with van der Waals surface area (Å²) in [7, 11) is 0. The quantitative estimate of drug-likeness (QED) is 0.642. The second-order valence-corrected chi connectivity index (χ2v) is 4.67. The summed E-state index contributed by atoms with van der Waals surface area (Å²) in [6.45, 7) is 3.26. The summed E-state index contributed by atoms with van der Waals surface area (Å²) < 4.78 is 6.36. The molecule has 1 rings (SSSR count). The van der Waals surface area contributed by atoms with Crippen LogP contribution in [-0.2, 0) is 9.53 Å². The average molecular weight is 333 g/mol. The predicted molar refractivity (Wildman–Crippen MR) is 73.5 cm³/mol. The summed E-state index contributed by atoms with van der Waals surface area (Å²) >= 11 is 2.22. The number of nitrogens with one attached hydrogen (secondary N) is 1. The highest BCUT2D eigenvalue weighted by molar-refractivity contribution is 14.1. The Morgan fingerprint density at radius 1 is 1.44 bits per heavy atom. The minimum Gasteiger partial charge on any atom is -0.381 e. The monoisotopic (exact) mass is 333 g/mol. The van der Waals surface area contributed by atoms with Crippen molar-refractivity contribution in [2.45, 2.75) is 19.8 Å². The lowest BCUT2D eigenvalue weighted by atomic mass is 10.3. The molecule has 4 heteroatoms. The van der Waals surface area contributed by atoms with E-state index in [0.29, 0.717) is 13.0 Å². The van der Waals surface area contributed by atoms with E-state index in [4.69, 9.17) is 4.74 Å². The van der Waals surface area contributed by atoms with E-state index in [2.05, 4.69) is 27.9 Å². The molecule has 0 bridgehead atoms. The maximum Gasteiger partial charge on any atom is 0.226 e. The standard InChI is InChI=1S/C12H16INO2/c1-2-7-16-8-6-12(15)14-11-5-3-4-10(13)9-11/h3-5,9H,2,6-8H2,1H3,(H,14,15). The van der Waals surface area contributed by atoms with E-state index in [1.165, 1.54) is 0 Å². The maximum atomic E-state index is 11.5. The fraction of sp³-hybridized carbons (Fsp3) is 0.417. The Morgan fingerprint density at radius 3 is 2.94 bits per heavy atom. The van der Waals surface area contributed by atoms with Gasteiger partial charge in [0.15, 0.2) is 0 Å². The molecule has 1 aromatic rings. The van der Waals surface area contributed by atoms with Crippen molar-refractivity contribution in [1.82, 2.24) is 0 Å². The van der Waals surface area contributed by atoms with E-state index in [1.54, 1.807) is 0 Å². The van der Waals surface area contributed by atoms with Gasteiger partial charge in [0.2, 0.25) is 5.91 Å². The zero-order valence-electron chi connectivity index (χ0n) is 9.33. The second-order valence-electron chi connectivity index (χ2n) is 3.42. The van der Waals surface area contributed by atoms with Crippen LogP contribution in [0.2, 0.25) is 0 Å². The lowest BCUT2D eigenvalue weighted by molar-refractivity contribution is -0.117. The van der Waals surface area contributed by atoms with Gasteiger partial charge in [-0.1, -0.05) is 13.0 Å². The van der Waals surface area contributed by atoms with Gasteiger partial charge >= 0.3 is 0 Å². The van der Waals surface area contributed by atoms with E-state index in [0.717, 1.165) is 22.3 Å². The van der Waals surface area contributed by atoms with Gasteiger partial charge in [0.05, 0.1) is 13.0 Å². The number of amides is 1. The molecule has 0 heterocycles. The molecule has 1 aromatic carbocycles. The molecule has 0 saturated heterocycles. The van der Waals surface area contributed by atoms with Crippen LogP contribution in [0, 0.1) is 3.57 Å². The van der Waals surface area contributed by atoms with E-state index < -0.39 is 0 Å². The molecule has 0 atom stereocenters. The van der Waals surface area contributed by atoms with Crippen molar-refractivity contribution in [3.05, 3.63) is 27.8 Å². The van der Waals surface area contributed by atoms with E-state index >= 15 is 0 Å². The molecule has 0 aliphatic rings. The third-order valence-electron chi connectivity index (χ3n) is 1.93. The zero-order valence-corrected chi connectivity index (χ0v) is 11.5. The van der Waals surface area contributed by atoms with Crippen LogP contribution >= 0.6 is 22.6 Å². The minimum atomic E-state index is -0.00176. The summed E-state index contributed by atoms with van der Waals surface area (Å²) in [4.78, 5) is 11.5. The van der Waals surface area contributed by atoms with E-state index in [-0.39, 0.29) is 5.91 Å². The number of ether oxygens (including phenoxy) is 1. The lowest BCUT2D eigenvalue weighted by Gasteiger charge is -2.05. The number of hydrogen-bond donors (Lipinski definition) is 1. The lowest BCUT2D eigenvalue weighted by Crippen LogP contribution is -2.14. The number of benzene rings is 1. The van der Waals surface area contributed by atoms with Crippen LogP contribution in [0.1, 0.15) is 19.8 Å². The predicted octanol–water partition coefficient (Wildman–Crippen LogP) is 3.05. The summed E-state index contributed by atoms with van der Waals surface area (Å²) in [6.07, 6.45) is 1.39. The van der Waals surface area contributed by atoms with E-state index in [1.807, 2.05) is 31.2 Å². The first-order valence-electron chi connectivity index (χ1n) is 5.35. The molecule has 0 aliphatic heterocycles. The fourth-order valence-electron chi connectivity index (χ4n) is 1.20.